The van der Waals surface area contributed by atoms with Crippen molar-refractivity contribution in [1.82, 2.24) is 0 Å². The maximum atomic E-state index is 11.6. The number of benzene rings is 2. The van der Waals surface area contributed by atoms with E-state index in [1.54, 1.807) is 6.07 Å². The van der Waals surface area contributed by atoms with Crippen molar-refractivity contribution in [3.8, 4) is 10.4 Å². The van der Waals surface area contributed by atoms with E-state index in [1.807, 2.05) is 30.3 Å². The molecular weight excluding hydrogens is 300 g/mol. The van der Waals surface area contributed by atoms with Gasteiger partial charge in [-0.1, -0.05) is 24.3 Å². The number of hydrogen-bond acceptors (Lipinski definition) is 3. The molecule has 0 atom stereocenters. The first-order chi connectivity index (χ1) is 10.5. The molecule has 1 heterocycles. The normalized spacial score (nSPS) is 10.8. The molecule has 22 heavy (non-hydrogen) atoms. The van der Waals surface area contributed by atoms with Crippen LogP contribution in [-0.2, 0) is 0 Å². The van der Waals surface area contributed by atoms with Crippen LogP contribution in [0.4, 0.5) is 0 Å². The van der Waals surface area contributed by atoms with Crippen LogP contribution in [0.25, 0.3) is 20.5 Å². The number of thiophene rings is 1. The van der Waals surface area contributed by atoms with Crippen LogP contribution in [0.5, 0.6) is 0 Å². The Bertz CT molecular complexity index is 875. The molecule has 0 unspecified atom stereocenters. The molecule has 2 aromatic carbocycles. The topological polar surface area (TPSA) is 74.6 Å². The Kier molecular flexibility index (Phi) is 3.42. The predicted octanol–water partition coefficient (Wildman–Crippen LogP) is 4.27. The molecule has 0 fully saturated rings. The number of carbonyl (C=O) groups is 2. The van der Waals surface area contributed by atoms with Gasteiger partial charge in [-0.25, -0.2) is 9.59 Å². The predicted molar refractivity (Wildman–Crippen MR) is 85.9 cm³/mol. The van der Waals surface area contributed by atoms with Gasteiger partial charge in [-0.15, -0.1) is 11.3 Å². The zero-order chi connectivity index (χ0) is 15.9. The zero-order valence-electron chi connectivity index (χ0n) is 11.7. The molecule has 4 nitrogen and oxygen atoms in total. The molecule has 0 bridgehead atoms. The van der Waals surface area contributed by atoms with Gasteiger partial charge in [0.25, 0.3) is 0 Å². The summed E-state index contributed by atoms with van der Waals surface area (Å²) < 4.78 is 1.06. The van der Waals surface area contributed by atoms with Crippen LogP contribution < -0.4 is 0 Å². The van der Waals surface area contributed by atoms with Gasteiger partial charge in [-0.3, -0.25) is 0 Å². The average Bonchev–Trinajstić information content (AvgIpc) is 2.89. The molecule has 0 aliphatic rings. The highest BCUT2D eigenvalue weighted by molar-refractivity contribution is 7.22. The zero-order valence-corrected chi connectivity index (χ0v) is 12.5. The number of carboxylic acids is 2. The second kappa shape index (κ2) is 5.27. The number of rotatable bonds is 3. The van der Waals surface area contributed by atoms with Crippen molar-refractivity contribution in [2.75, 3.05) is 0 Å². The lowest BCUT2D eigenvalue weighted by molar-refractivity contribution is 0.0696. The second-order valence-electron chi connectivity index (χ2n) is 4.92. The smallest absolute Gasteiger partial charge is 0.336 e. The van der Waals surface area contributed by atoms with Gasteiger partial charge in [0, 0.05) is 15.1 Å². The van der Waals surface area contributed by atoms with E-state index < -0.39 is 11.9 Å². The van der Waals surface area contributed by atoms with Crippen molar-refractivity contribution >= 4 is 33.4 Å². The Morgan fingerprint density at radius 3 is 2.36 bits per heavy atom. The summed E-state index contributed by atoms with van der Waals surface area (Å²) in [4.78, 5) is 23.6. The van der Waals surface area contributed by atoms with Crippen molar-refractivity contribution in [3.63, 3.8) is 0 Å². The lowest BCUT2D eigenvalue weighted by Gasteiger charge is -2.10. The van der Waals surface area contributed by atoms with E-state index in [1.165, 1.54) is 24.3 Å². The fourth-order valence-corrected chi connectivity index (χ4v) is 3.63. The molecule has 0 aliphatic heterocycles. The SMILES string of the molecule is Cc1c(C(=O)O)ccc(-c2cc3ccccc3s2)c1C(=O)O. The first-order valence-electron chi connectivity index (χ1n) is 6.58. The fraction of sp³-hybridized carbons (Fsp3) is 0.0588. The van der Waals surface area contributed by atoms with Crippen LogP contribution in [0.15, 0.2) is 42.5 Å². The van der Waals surface area contributed by atoms with E-state index in [0.29, 0.717) is 5.56 Å². The Morgan fingerprint density at radius 2 is 1.73 bits per heavy atom. The number of carboxylic acid groups (broad SMARTS) is 2. The highest BCUT2D eigenvalue weighted by atomic mass is 32.1. The van der Waals surface area contributed by atoms with E-state index in [-0.39, 0.29) is 16.7 Å². The van der Waals surface area contributed by atoms with Crippen LogP contribution in [-0.4, -0.2) is 22.2 Å². The molecule has 0 radical (unpaired) electrons. The van der Waals surface area contributed by atoms with Gasteiger partial charge >= 0.3 is 11.9 Å². The average molecular weight is 312 g/mol. The van der Waals surface area contributed by atoms with Crippen molar-refractivity contribution in [3.05, 3.63) is 59.2 Å². The van der Waals surface area contributed by atoms with Gasteiger partial charge in [0.05, 0.1) is 11.1 Å². The van der Waals surface area contributed by atoms with Gasteiger partial charge in [-0.05, 0) is 36.1 Å². The first-order valence-corrected chi connectivity index (χ1v) is 7.40. The molecule has 2 N–H and O–H groups in total. The van der Waals surface area contributed by atoms with Crippen molar-refractivity contribution in [2.45, 2.75) is 6.92 Å². The van der Waals surface area contributed by atoms with Crippen LogP contribution in [0.2, 0.25) is 0 Å². The van der Waals surface area contributed by atoms with Crippen molar-refractivity contribution in [1.29, 1.82) is 0 Å². The quantitative estimate of drug-likeness (QED) is 0.757. The lowest BCUT2D eigenvalue weighted by atomic mass is 9.96. The molecule has 0 aliphatic carbocycles. The minimum absolute atomic E-state index is 0.0160. The molecule has 5 heteroatoms. The summed E-state index contributed by atoms with van der Waals surface area (Å²) in [5.74, 6) is -2.24. The second-order valence-corrected chi connectivity index (χ2v) is 6.00. The van der Waals surface area contributed by atoms with E-state index in [4.69, 9.17) is 5.11 Å². The van der Waals surface area contributed by atoms with E-state index in [9.17, 15) is 14.7 Å². The minimum atomic E-state index is -1.12. The number of hydrogen-bond donors (Lipinski definition) is 2. The third-order valence-corrected chi connectivity index (χ3v) is 4.75. The van der Waals surface area contributed by atoms with Crippen LogP contribution in [0.1, 0.15) is 26.3 Å². The fourth-order valence-electron chi connectivity index (χ4n) is 2.54. The summed E-state index contributed by atoms with van der Waals surface area (Å²) in [5, 5.41) is 19.7. The maximum Gasteiger partial charge on any atom is 0.336 e. The third kappa shape index (κ3) is 2.25. The Labute approximate surface area is 130 Å². The Hall–Kier alpha value is -2.66. The summed E-state index contributed by atoms with van der Waals surface area (Å²) in [7, 11) is 0. The number of fused-ring (bicyclic) bond motifs is 1. The summed E-state index contributed by atoms with van der Waals surface area (Å²) in [5.41, 5.74) is 0.889. The van der Waals surface area contributed by atoms with Gasteiger partial charge in [0.15, 0.2) is 0 Å². The summed E-state index contributed by atoms with van der Waals surface area (Å²) in [6.07, 6.45) is 0. The van der Waals surface area contributed by atoms with Crippen LogP contribution in [0.3, 0.4) is 0 Å². The van der Waals surface area contributed by atoms with Crippen molar-refractivity contribution in [2.24, 2.45) is 0 Å². The monoisotopic (exact) mass is 312 g/mol. The summed E-state index contributed by atoms with van der Waals surface area (Å²) >= 11 is 1.49. The molecule has 0 amide bonds. The minimum Gasteiger partial charge on any atom is -0.478 e. The highest BCUT2D eigenvalue weighted by Gasteiger charge is 2.21. The molecule has 110 valence electrons. The standard InChI is InChI=1S/C17H12O4S/c1-9-11(16(18)19)6-7-12(15(9)17(20)21)14-8-10-4-2-3-5-13(10)22-14/h2-8H,1H3,(H,18,19)(H,20,21). The van der Waals surface area contributed by atoms with E-state index >= 15 is 0 Å². The molecule has 3 rings (SSSR count). The van der Waals surface area contributed by atoms with Crippen LogP contribution >= 0.6 is 11.3 Å². The van der Waals surface area contributed by atoms with E-state index in [2.05, 4.69) is 0 Å². The van der Waals surface area contributed by atoms with E-state index in [0.717, 1.165) is 15.0 Å². The molecule has 0 spiro atoms. The summed E-state index contributed by atoms with van der Waals surface area (Å²) in [6, 6.07) is 12.8. The van der Waals surface area contributed by atoms with Gasteiger partial charge < -0.3 is 10.2 Å². The summed E-state index contributed by atoms with van der Waals surface area (Å²) in [6.45, 7) is 1.53. The van der Waals surface area contributed by atoms with Crippen molar-refractivity contribution < 1.29 is 19.8 Å². The third-order valence-electron chi connectivity index (χ3n) is 3.60. The first kappa shape index (κ1) is 14.3. The Balaban J connectivity index is 2.28. The molecular formula is C17H12O4S. The molecule has 1 aromatic heterocycles. The van der Waals surface area contributed by atoms with Crippen LogP contribution in [0, 0.1) is 6.92 Å². The molecule has 0 saturated heterocycles. The molecule has 3 aromatic rings. The number of aromatic carboxylic acids is 2. The lowest BCUT2D eigenvalue weighted by Crippen LogP contribution is -2.08. The maximum absolute atomic E-state index is 11.6. The van der Waals surface area contributed by atoms with Gasteiger partial charge in [0.1, 0.15) is 0 Å². The largest absolute Gasteiger partial charge is 0.478 e. The molecule has 0 saturated carbocycles. The highest BCUT2D eigenvalue weighted by Crippen LogP contribution is 2.36. The Morgan fingerprint density at radius 1 is 1.00 bits per heavy atom. The van der Waals surface area contributed by atoms with Gasteiger partial charge in [-0.2, -0.15) is 0 Å². The van der Waals surface area contributed by atoms with Gasteiger partial charge in [0.2, 0.25) is 0 Å².